The van der Waals surface area contributed by atoms with E-state index < -0.39 is 5.60 Å². The molecule has 0 aliphatic rings. The zero-order valence-electron chi connectivity index (χ0n) is 17.5. The van der Waals surface area contributed by atoms with Crippen molar-refractivity contribution in [1.29, 1.82) is 0 Å². The van der Waals surface area contributed by atoms with Crippen LogP contribution in [0.25, 0.3) is 22.0 Å². The number of hydrogen-bond donors (Lipinski definition) is 2. The van der Waals surface area contributed by atoms with Gasteiger partial charge in [-0.3, -0.25) is 9.67 Å². The number of anilines is 1. The number of rotatable bonds is 5. The summed E-state index contributed by atoms with van der Waals surface area (Å²) >= 11 is 6.53. The fraction of sp³-hybridized carbons (Fsp3) is 0.250. The van der Waals surface area contributed by atoms with Crippen LogP contribution in [0.3, 0.4) is 0 Å². The molecule has 2 heterocycles. The molecule has 4 rings (SSSR count). The molecule has 1 unspecified atom stereocenters. The standard InChI is InChI=1S/C24H25ClN4O/c1-15(21-11-12-29(4)28-21)27-23-19-13-17(7-10-22(19)26-14-20(23)25)16-5-8-18(9-6-16)24(2,3)30/h5-15,30H,1-4H3,(H,26,27). The van der Waals surface area contributed by atoms with Crippen LogP contribution < -0.4 is 5.32 Å². The fourth-order valence-electron chi connectivity index (χ4n) is 3.52. The van der Waals surface area contributed by atoms with E-state index in [2.05, 4.69) is 28.4 Å². The monoisotopic (exact) mass is 420 g/mol. The van der Waals surface area contributed by atoms with Crippen molar-refractivity contribution in [2.75, 3.05) is 5.32 Å². The molecule has 2 aromatic carbocycles. The van der Waals surface area contributed by atoms with Crippen LogP contribution in [0.1, 0.15) is 38.1 Å². The van der Waals surface area contributed by atoms with Crippen LogP contribution in [0.4, 0.5) is 5.69 Å². The minimum absolute atomic E-state index is 0.0102. The minimum atomic E-state index is -0.863. The summed E-state index contributed by atoms with van der Waals surface area (Å²) in [6, 6.07) is 16.1. The Balaban J connectivity index is 1.73. The van der Waals surface area contributed by atoms with Crippen molar-refractivity contribution in [2.24, 2.45) is 7.05 Å². The number of aliphatic hydroxyl groups is 1. The summed E-state index contributed by atoms with van der Waals surface area (Å²) in [4.78, 5) is 4.48. The summed E-state index contributed by atoms with van der Waals surface area (Å²) in [6.07, 6.45) is 3.60. The maximum Gasteiger partial charge on any atom is 0.0844 e. The summed E-state index contributed by atoms with van der Waals surface area (Å²) < 4.78 is 1.79. The van der Waals surface area contributed by atoms with Crippen LogP contribution in [0.2, 0.25) is 5.02 Å². The van der Waals surface area contributed by atoms with Gasteiger partial charge in [0.05, 0.1) is 33.6 Å². The van der Waals surface area contributed by atoms with E-state index in [1.165, 1.54) is 0 Å². The average Bonchev–Trinajstić information content (AvgIpc) is 3.15. The first-order valence-corrected chi connectivity index (χ1v) is 10.3. The van der Waals surface area contributed by atoms with E-state index in [0.717, 1.165) is 39.0 Å². The fourth-order valence-corrected chi connectivity index (χ4v) is 3.72. The van der Waals surface area contributed by atoms with E-state index in [1.54, 1.807) is 24.7 Å². The Bertz CT molecular complexity index is 1190. The molecule has 4 aromatic rings. The maximum absolute atomic E-state index is 10.2. The van der Waals surface area contributed by atoms with Gasteiger partial charge in [-0.25, -0.2) is 0 Å². The highest BCUT2D eigenvalue weighted by molar-refractivity contribution is 6.34. The van der Waals surface area contributed by atoms with Crippen LogP contribution in [-0.2, 0) is 12.6 Å². The Morgan fingerprint density at radius 3 is 2.40 bits per heavy atom. The number of benzene rings is 2. The number of hydrogen-bond acceptors (Lipinski definition) is 4. The van der Waals surface area contributed by atoms with Crippen LogP contribution in [-0.4, -0.2) is 19.9 Å². The molecule has 0 radical (unpaired) electrons. The first-order valence-electron chi connectivity index (χ1n) is 9.90. The van der Waals surface area contributed by atoms with Gasteiger partial charge in [0.1, 0.15) is 0 Å². The minimum Gasteiger partial charge on any atom is -0.386 e. The molecule has 0 spiro atoms. The molecular formula is C24H25ClN4O. The van der Waals surface area contributed by atoms with E-state index >= 15 is 0 Å². The van der Waals surface area contributed by atoms with Gasteiger partial charge in [0.25, 0.3) is 0 Å². The third kappa shape index (κ3) is 4.04. The Morgan fingerprint density at radius 2 is 1.77 bits per heavy atom. The summed E-state index contributed by atoms with van der Waals surface area (Å²) in [6.45, 7) is 5.63. The third-order valence-corrected chi connectivity index (χ3v) is 5.57. The quantitative estimate of drug-likeness (QED) is 0.435. The van der Waals surface area contributed by atoms with Crippen LogP contribution in [0, 0.1) is 0 Å². The van der Waals surface area contributed by atoms with Crippen molar-refractivity contribution < 1.29 is 5.11 Å². The lowest BCUT2D eigenvalue weighted by Crippen LogP contribution is -2.14. The highest BCUT2D eigenvalue weighted by atomic mass is 35.5. The zero-order chi connectivity index (χ0) is 21.5. The lowest BCUT2D eigenvalue weighted by molar-refractivity contribution is 0.0786. The molecule has 0 aliphatic heterocycles. The molecule has 0 aliphatic carbocycles. The molecular weight excluding hydrogens is 396 g/mol. The maximum atomic E-state index is 10.2. The topological polar surface area (TPSA) is 63.0 Å². The van der Waals surface area contributed by atoms with E-state index in [4.69, 9.17) is 11.6 Å². The molecule has 30 heavy (non-hydrogen) atoms. The van der Waals surface area contributed by atoms with Gasteiger partial charge < -0.3 is 10.4 Å². The van der Waals surface area contributed by atoms with Gasteiger partial charge in [-0.1, -0.05) is 41.9 Å². The molecule has 5 nitrogen and oxygen atoms in total. The molecule has 2 aromatic heterocycles. The zero-order valence-corrected chi connectivity index (χ0v) is 18.3. The van der Waals surface area contributed by atoms with Crippen LogP contribution in [0.15, 0.2) is 60.9 Å². The Labute approximate surface area is 181 Å². The largest absolute Gasteiger partial charge is 0.386 e. The van der Waals surface area contributed by atoms with Crippen LogP contribution in [0.5, 0.6) is 0 Å². The normalized spacial score (nSPS) is 12.9. The number of aromatic nitrogens is 3. The highest BCUT2D eigenvalue weighted by Gasteiger charge is 2.17. The van der Waals surface area contributed by atoms with E-state index in [0.29, 0.717) is 5.02 Å². The first kappa shape index (κ1) is 20.4. The van der Waals surface area contributed by atoms with Crippen molar-refractivity contribution in [2.45, 2.75) is 32.4 Å². The van der Waals surface area contributed by atoms with Crippen molar-refractivity contribution in [1.82, 2.24) is 14.8 Å². The van der Waals surface area contributed by atoms with E-state index in [1.807, 2.05) is 55.7 Å². The average molecular weight is 421 g/mol. The lowest BCUT2D eigenvalue weighted by atomic mass is 9.95. The Morgan fingerprint density at radius 1 is 1.07 bits per heavy atom. The predicted molar refractivity (Wildman–Crippen MR) is 123 cm³/mol. The number of pyridine rings is 1. The van der Waals surface area contributed by atoms with E-state index in [9.17, 15) is 5.11 Å². The van der Waals surface area contributed by atoms with Crippen molar-refractivity contribution in [3.8, 4) is 11.1 Å². The van der Waals surface area contributed by atoms with Crippen molar-refractivity contribution in [3.63, 3.8) is 0 Å². The van der Waals surface area contributed by atoms with Gasteiger partial charge in [0, 0.05) is 24.8 Å². The van der Waals surface area contributed by atoms with Crippen molar-refractivity contribution in [3.05, 3.63) is 77.2 Å². The number of nitrogens with one attached hydrogen (secondary N) is 1. The molecule has 0 saturated heterocycles. The van der Waals surface area contributed by atoms with E-state index in [-0.39, 0.29) is 6.04 Å². The van der Waals surface area contributed by atoms with Gasteiger partial charge in [-0.15, -0.1) is 0 Å². The smallest absolute Gasteiger partial charge is 0.0844 e. The third-order valence-electron chi connectivity index (χ3n) is 5.29. The van der Waals surface area contributed by atoms with Gasteiger partial charge in [0.2, 0.25) is 0 Å². The van der Waals surface area contributed by atoms with Gasteiger partial charge in [-0.2, -0.15) is 5.10 Å². The summed E-state index contributed by atoms with van der Waals surface area (Å²) in [7, 11) is 1.90. The second-order valence-corrected chi connectivity index (χ2v) is 8.54. The second-order valence-electron chi connectivity index (χ2n) is 8.13. The molecule has 0 saturated carbocycles. The summed E-state index contributed by atoms with van der Waals surface area (Å²) in [5.41, 5.74) is 4.79. The molecule has 1 atom stereocenters. The second kappa shape index (κ2) is 7.74. The van der Waals surface area contributed by atoms with Crippen molar-refractivity contribution >= 4 is 28.2 Å². The molecule has 154 valence electrons. The number of nitrogens with zero attached hydrogens (tertiary/aromatic N) is 3. The molecule has 6 heteroatoms. The molecule has 0 fully saturated rings. The molecule has 0 bridgehead atoms. The van der Waals surface area contributed by atoms with Gasteiger partial charge in [-0.05, 0) is 55.7 Å². The number of fused-ring (bicyclic) bond motifs is 1. The highest BCUT2D eigenvalue weighted by Crippen LogP contribution is 2.35. The summed E-state index contributed by atoms with van der Waals surface area (Å²) in [5.74, 6) is 0. The molecule has 0 amide bonds. The Hall–Kier alpha value is -2.89. The first-order chi connectivity index (χ1) is 14.2. The number of aryl methyl sites for hydroxylation is 1. The Kier molecular flexibility index (Phi) is 5.26. The van der Waals surface area contributed by atoms with Gasteiger partial charge >= 0.3 is 0 Å². The summed E-state index contributed by atoms with van der Waals surface area (Å²) in [5, 5.41) is 19.7. The molecule has 2 N–H and O–H groups in total. The predicted octanol–water partition coefficient (Wildman–Crippen LogP) is 5.69. The van der Waals surface area contributed by atoms with Crippen LogP contribution >= 0.6 is 11.6 Å². The lowest BCUT2D eigenvalue weighted by Gasteiger charge is -2.18. The van der Waals surface area contributed by atoms with Gasteiger partial charge in [0.15, 0.2) is 0 Å². The number of halogens is 1. The SMILES string of the molecule is CC(Nc1c(Cl)cnc2ccc(-c3ccc(C(C)(C)O)cc3)cc12)c1ccn(C)n1.